The average Bonchev–Trinajstić information content (AvgIpc) is 3.49. The van der Waals surface area contributed by atoms with Gasteiger partial charge >= 0.3 is 0 Å². The fourth-order valence-corrected chi connectivity index (χ4v) is 5.43. The Morgan fingerprint density at radius 1 is 1.12 bits per heavy atom. The van der Waals surface area contributed by atoms with E-state index in [1.165, 1.54) is 12.1 Å². The molecule has 0 fully saturated rings. The van der Waals surface area contributed by atoms with Crippen molar-refractivity contribution in [2.24, 2.45) is 0 Å². The van der Waals surface area contributed by atoms with Crippen LogP contribution in [0.2, 0.25) is 5.15 Å². The maximum Gasteiger partial charge on any atom is 0.166 e. The highest BCUT2D eigenvalue weighted by Crippen LogP contribution is 2.39. The highest BCUT2D eigenvalue weighted by atomic mass is 35.5. The summed E-state index contributed by atoms with van der Waals surface area (Å²) >= 11 is 6.48. The summed E-state index contributed by atoms with van der Waals surface area (Å²) in [5.74, 6) is 1.09. The Balaban J connectivity index is 1.60. The molecule has 1 unspecified atom stereocenters. The summed E-state index contributed by atoms with van der Waals surface area (Å²) in [5.41, 5.74) is 13.1. The number of nitrogen functional groups attached to an aromatic ring is 1. The lowest BCUT2D eigenvalue weighted by molar-refractivity contribution is 0.227. The van der Waals surface area contributed by atoms with Gasteiger partial charge in [-0.1, -0.05) is 30.7 Å². The fraction of sp³-hybridized carbons (Fsp3) is 0.233. The molecule has 40 heavy (non-hydrogen) atoms. The number of methoxy groups -OCH3 is 1. The lowest BCUT2D eigenvalue weighted by Crippen LogP contribution is -2.14. The molecule has 2 N–H and O–H groups in total. The summed E-state index contributed by atoms with van der Waals surface area (Å²) in [5, 5.41) is 9.99. The number of benzene rings is 2. The predicted molar refractivity (Wildman–Crippen MR) is 152 cm³/mol. The van der Waals surface area contributed by atoms with Gasteiger partial charge in [-0.25, -0.2) is 9.37 Å². The molecule has 2 bridgehead atoms. The Hall–Kier alpha value is -4.37. The van der Waals surface area contributed by atoms with E-state index < -0.39 is 6.10 Å². The molecule has 1 aliphatic rings. The molecule has 3 aromatic heterocycles. The second-order valence-electron chi connectivity index (χ2n) is 9.74. The number of nitrogens with two attached hydrogens (primary N) is 1. The van der Waals surface area contributed by atoms with Gasteiger partial charge in [-0.05, 0) is 55.3 Å². The number of nitrogens with zero attached hydrogens (tertiary/aromatic N) is 5. The molecule has 0 amide bonds. The first-order valence-corrected chi connectivity index (χ1v) is 13.4. The molecule has 6 rings (SSSR count). The van der Waals surface area contributed by atoms with Crippen molar-refractivity contribution in [3.8, 4) is 33.9 Å². The van der Waals surface area contributed by atoms with Gasteiger partial charge in [-0.15, -0.1) is 0 Å². The summed E-state index contributed by atoms with van der Waals surface area (Å²) in [6.45, 7) is 4.82. The van der Waals surface area contributed by atoms with E-state index in [-0.39, 0.29) is 11.6 Å². The highest BCUT2D eigenvalue weighted by Gasteiger charge is 2.26. The molecule has 0 saturated carbocycles. The number of aromatic nitrogens is 5. The molecule has 204 valence electrons. The number of pyridine rings is 1. The van der Waals surface area contributed by atoms with Crippen LogP contribution in [-0.4, -0.2) is 31.7 Å². The van der Waals surface area contributed by atoms with Crippen LogP contribution >= 0.6 is 11.6 Å². The van der Waals surface area contributed by atoms with Crippen molar-refractivity contribution >= 4 is 17.4 Å². The van der Waals surface area contributed by atoms with Crippen molar-refractivity contribution in [2.75, 3.05) is 12.8 Å². The van der Waals surface area contributed by atoms with Gasteiger partial charge in [-0.3, -0.25) is 9.36 Å². The van der Waals surface area contributed by atoms with Gasteiger partial charge in [0, 0.05) is 34.5 Å². The normalized spacial score (nSPS) is 14.3. The summed E-state index contributed by atoms with van der Waals surface area (Å²) in [6.07, 6.45) is 1.90. The van der Waals surface area contributed by atoms with E-state index in [4.69, 9.17) is 31.9 Å². The molecule has 1 aliphatic heterocycles. The molecule has 0 saturated heterocycles. The fourth-order valence-electron chi connectivity index (χ4n) is 5.24. The number of fused-ring (bicyclic) bond motifs is 7. The summed E-state index contributed by atoms with van der Waals surface area (Å²) in [4.78, 5) is 4.46. The van der Waals surface area contributed by atoms with E-state index in [9.17, 15) is 4.39 Å². The van der Waals surface area contributed by atoms with Gasteiger partial charge in [0.15, 0.2) is 16.7 Å². The van der Waals surface area contributed by atoms with Gasteiger partial charge in [0.2, 0.25) is 0 Å². The lowest BCUT2D eigenvalue weighted by Gasteiger charge is -2.22. The van der Waals surface area contributed by atoms with Crippen LogP contribution in [0.15, 0.2) is 60.8 Å². The van der Waals surface area contributed by atoms with E-state index in [1.54, 1.807) is 25.4 Å². The number of rotatable bonds is 4. The molecule has 0 radical (unpaired) electrons. The van der Waals surface area contributed by atoms with E-state index >= 15 is 0 Å². The van der Waals surface area contributed by atoms with E-state index in [0.717, 1.165) is 45.1 Å². The summed E-state index contributed by atoms with van der Waals surface area (Å²) < 4.78 is 30.0. The van der Waals surface area contributed by atoms with Crippen molar-refractivity contribution < 1.29 is 13.9 Å². The summed E-state index contributed by atoms with van der Waals surface area (Å²) in [7, 11) is 1.65. The standard InChI is InChI=1S/C30H28ClFN6O2/c1-4-24-29-19-11-27(30(33)34-14-19)40-17(2)23-12-20(32)7-10-22(23)25-13-28(31)36-38(25)16-26(29)37(35-24)15-18-5-8-21(39-3)9-6-18/h5-14,17H,4,15-16H2,1-3H3,(H2,33,34). The molecule has 8 nitrogen and oxygen atoms in total. The van der Waals surface area contributed by atoms with Crippen LogP contribution in [0, 0.1) is 5.82 Å². The van der Waals surface area contributed by atoms with Crippen molar-refractivity contribution in [2.45, 2.75) is 39.5 Å². The minimum absolute atomic E-state index is 0.254. The van der Waals surface area contributed by atoms with Gasteiger partial charge in [0.05, 0.1) is 37.3 Å². The quantitative estimate of drug-likeness (QED) is 0.278. The zero-order valence-electron chi connectivity index (χ0n) is 22.4. The topological polar surface area (TPSA) is 93.0 Å². The molecular formula is C30H28ClFN6O2. The van der Waals surface area contributed by atoms with Crippen molar-refractivity contribution in [1.29, 1.82) is 0 Å². The number of hydrogen-bond donors (Lipinski definition) is 1. The molecule has 4 heterocycles. The molecule has 0 spiro atoms. The average molecular weight is 559 g/mol. The van der Waals surface area contributed by atoms with E-state index in [1.807, 2.05) is 46.6 Å². The van der Waals surface area contributed by atoms with Gasteiger partial charge in [0.25, 0.3) is 0 Å². The predicted octanol–water partition coefficient (Wildman–Crippen LogP) is 6.30. The van der Waals surface area contributed by atoms with E-state index in [2.05, 4.69) is 17.0 Å². The monoisotopic (exact) mass is 558 g/mol. The van der Waals surface area contributed by atoms with Crippen LogP contribution in [0.25, 0.3) is 22.4 Å². The molecular weight excluding hydrogens is 531 g/mol. The van der Waals surface area contributed by atoms with Crippen LogP contribution in [-0.2, 0) is 19.5 Å². The number of aryl methyl sites for hydroxylation is 1. The third kappa shape index (κ3) is 4.66. The first kappa shape index (κ1) is 25.9. The first-order valence-electron chi connectivity index (χ1n) is 13.0. The zero-order chi connectivity index (χ0) is 28.0. The maximum atomic E-state index is 14.5. The Morgan fingerprint density at radius 3 is 2.67 bits per heavy atom. The third-order valence-corrected chi connectivity index (χ3v) is 7.39. The Labute approximate surface area is 236 Å². The number of halogens is 2. The van der Waals surface area contributed by atoms with Crippen molar-refractivity contribution in [3.05, 3.63) is 94.3 Å². The molecule has 1 atom stereocenters. The minimum atomic E-state index is -0.533. The van der Waals surface area contributed by atoms with Crippen LogP contribution in [0.3, 0.4) is 0 Å². The third-order valence-electron chi connectivity index (χ3n) is 7.21. The number of anilines is 1. The van der Waals surface area contributed by atoms with Crippen LogP contribution in [0.1, 0.15) is 42.5 Å². The van der Waals surface area contributed by atoms with Gasteiger partial charge in [-0.2, -0.15) is 10.2 Å². The Morgan fingerprint density at radius 2 is 1.93 bits per heavy atom. The van der Waals surface area contributed by atoms with Gasteiger partial charge < -0.3 is 15.2 Å². The van der Waals surface area contributed by atoms with Crippen molar-refractivity contribution in [1.82, 2.24) is 24.5 Å². The number of hydrogen-bond acceptors (Lipinski definition) is 6. The second-order valence-corrected chi connectivity index (χ2v) is 10.1. The summed E-state index contributed by atoms with van der Waals surface area (Å²) in [6, 6.07) is 16.2. The largest absolute Gasteiger partial charge is 0.497 e. The van der Waals surface area contributed by atoms with Crippen molar-refractivity contribution in [3.63, 3.8) is 0 Å². The minimum Gasteiger partial charge on any atom is -0.497 e. The SMILES string of the molecule is CCc1nn(Cc2ccc(OC)cc2)c2c1-c1cnc(N)c(c1)OC(C)c1cc(F)ccc1-c1cc(Cl)nn1C2. The smallest absolute Gasteiger partial charge is 0.166 e. The maximum absolute atomic E-state index is 14.5. The van der Waals surface area contributed by atoms with Crippen LogP contribution in [0.5, 0.6) is 11.5 Å². The van der Waals surface area contributed by atoms with Gasteiger partial charge in [0.1, 0.15) is 17.7 Å². The second kappa shape index (κ2) is 10.3. The Bertz CT molecular complexity index is 1710. The lowest BCUT2D eigenvalue weighted by atomic mass is 9.99. The molecule has 5 aromatic rings. The Kier molecular flexibility index (Phi) is 6.67. The van der Waals surface area contributed by atoms with E-state index in [0.29, 0.717) is 36.0 Å². The number of ether oxygens (including phenoxy) is 2. The highest BCUT2D eigenvalue weighted by molar-refractivity contribution is 6.29. The van der Waals surface area contributed by atoms with Crippen LogP contribution < -0.4 is 15.2 Å². The first-order chi connectivity index (χ1) is 19.3. The zero-order valence-corrected chi connectivity index (χ0v) is 23.1. The molecule has 2 aromatic carbocycles. The molecule has 10 heteroatoms. The molecule has 0 aliphatic carbocycles. The van der Waals surface area contributed by atoms with Crippen LogP contribution in [0.4, 0.5) is 10.2 Å².